The first kappa shape index (κ1) is 17.0. The summed E-state index contributed by atoms with van der Waals surface area (Å²) in [4.78, 5) is 0. The van der Waals surface area contributed by atoms with Crippen LogP contribution in [0.25, 0.3) is 24.3 Å². The Balaban J connectivity index is 1.79. The monoisotopic (exact) mass is 324 g/mol. The highest BCUT2D eigenvalue weighted by Gasteiger charge is 1.98. The van der Waals surface area contributed by atoms with Gasteiger partial charge in [-0.2, -0.15) is 0 Å². The van der Waals surface area contributed by atoms with E-state index >= 15 is 0 Å². The Labute approximate surface area is 151 Å². The molecular formula is C25H24. The van der Waals surface area contributed by atoms with Gasteiger partial charge in [0.15, 0.2) is 0 Å². The molecule has 0 fully saturated rings. The van der Waals surface area contributed by atoms with Gasteiger partial charge in [-0.3, -0.25) is 0 Å². The first-order valence-corrected chi connectivity index (χ1v) is 8.71. The molecule has 0 heterocycles. The third-order valence-electron chi connectivity index (χ3n) is 4.57. The van der Waals surface area contributed by atoms with Gasteiger partial charge >= 0.3 is 0 Å². The van der Waals surface area contributed by atoms with Crippen molar-refractivity contribution in [1.82, 2.24) is 0 Å². The van der Waals surface area contributed by atoms with E-state index in [0.29, 0.717) is 0 Å². The van der Waals surface area contributed by atoms with Crippen LogP contribution in [0.1, 0.15) is 38.9 Å². The molecule has 0 aliphatic heterocycles. The van der Waals surface area contributed by atoms with E-state index in [1.807, 2.05) is 0 Å². The molecule has 0 unspecified atom stereocenters. The van der Waals surface area contributed by atoms with Gasteiger partial charge in [0, 0.05) is 0 Å². The zero-order valence-electron chi connectivity index (χ0n) is 15.2. The fourth-order valence-electron chi connectivity index (χ4n) is 2.90. The summed E-state index contributed by atoms with van der Waals surface area (Å²) in [5, 5.41) is 0. The van der Waals surface area contributed by atoms with Crippen molar-refractivity contribution < 1.29 is 0 Å². The number of hydrogen-bond donors (Lipinski definition) is 0. The lowest BCUT2D eigenvalue weighted by atomic mass is 10.0. The van der Waals surface area contributed by atoms with Crippen LogP contribution in [-0.4, -0.2) is 0 Å². The lowest BCUT2D eigenvalue weighted by molar-refractivity contribution is 1.42. The van der Waals surface area contributed by atoms with E-state index in [1.54, 1.807) is 0 Å². The van der Waals surface area contributed by atoms with Crippen LogP contribution >= 0.6 is 0 Å². The zero-order valence-corrected chi connectivity index (χ0v) is 15.2. The van der Waals surface area contributed by atoms with Gasteiger partial charge in [-0.05, 0) is 59.7 Å². The fraction of sp³-hybridized carbons (Fsp3) is 0.120. The smallest absolute Gasteiger partial charge is 0.0227 e. The molecule has 0 aromatic heterocycles. The van der Waals surface area contributed by atoms with E-state index in [9.17, 15) is 0 Å². The molecule has 0 aliphatic rings. The molecule has 0 atom stereocenters. The quantitative estimate of drug-likeness (QED) is 0.455. The molecule has 0 N–H and O–H groups in total. The maximum atomic E-state index is 2.24. The van der Waals surface area contributed by atoms with Crippen LogP contribution in [0, 0.1) is 20.8 Å². The minimum atomic E-state index is 1.23. The van der Waals surface area contributed by atoms with E-state index in [2.05, 4.69) is 112 Å². The van der Waals surface area contributed by atoms with Gasteiger partial charge in [-0.15, -0.1) is 0 Å². The SMILES string of the molecule is Cc1ccccc1C=Cc1ccc(C=Cc2ccccc2C)c(C)c1. The molecule has 0 saturated heterocycles. The maximum Gasteiger partial charge on any atom is -0.0227 e. The molecule has 0 radical (unpaired) electrons. The second kappa shape index (κ2) is 7.81. The van der Waals surface area contributed by atoms with Crippen molar-refractivity contribution >= 4 is 24.3 Å². The van der Waals surface area contributed by atoms with Crippen LogP contribution in [0.4, 0.5) is 0 Å². The number of aryl methyl sites for hydroxylation is 3. The third-order valence-corrected chi connectivity index (χ3v) is 4.57. The van der Waals surface area contributed by atoms with Crippen LogP contribution in [0.5, 0.6) is 0 Å². The topological polar surface area (TPSA) is 0 Å². The van der Waals surface area contributed by atoms with E-state index in [0.717, 1.165) is 0 Å². The van der Waals surface area contributed by atoms with Gasteiger partial charge in [0.1, 0.15) is 0 Å². The molecule has 0 amide bonds. The van der Waals surface area contributed by atoms with Gasteiger partial charge in [-0.25, -0.2) is 0 Å². The molecule has 0 heteroatoms. The van der Waals surface area contributed by atoms with Crippen LogP contribution in [0.3, 0.4) is 0 Å². The molecule has 3 aromatic carbocycles. The van der Waals surface area contributed by atoms with Gasteiger partial charge in [0.25, 0.3) is 0 Å². The molecule has 25 heavy (non-hydrogen) atoms. The average molecular weight is 324 g/mol. The van der Waals surface area contributed by atoms with Crippen LogP contribution in [-0.2, 0) is 0 Å². The number of benzene rings is 3. The highest BCUT2D eigenvalue weighted by atomic mass is 14.0. The standard InChI is InChI=1S/C25H24/c1-19-8-4-6-10-23(19)14-12-22-13-15-25(21(3)18-22)17-16-24-11-7-5-9-20(24)2/h4-18H,1-3H3. The van der Waals surface area contributed by atoms with E-state index < -0.39 is 0 Å². The molecule has 0 spiro atoms. The summed E-state index contributed by atoms with van der Waals surface area (Å²) in [5.41, 5.74) is 8.92. The van der Waals surface area contributed by atoms with Crippen molar-refractivity contribution in [3.8, 4) is 0 Å². The summed E-state index contributed by atoms with van der Waals surface area (Å²) in [6.45, 7) is 6.46. The Morgan fingerprint density at radius 1 is 0.480 bits per heavy atom. The molecule has 0 nitrogen and oxygen atoms in total. The minimum absolute atomic E-state index is 1.23. The first-order chi connectivity index (χ1) is 12.1. The van der Waals surface area contributed by atoms with E-state index in [-0.39, 0.29) is 0 Å². The fourth-order valence-corrected chi connectivity index (χ4v) is 2.90. The molecule has 0 saturated carbocycles. The van der Waals surface area contributed by atoms with Crippen molar-refractivity contribution in [3.63, 3.8) is 0 Å². The minimum Gasteiger partial charge on any atom is -0.0620 e. The summed E-state index contributed by atoms with van der Waals surface area (Å²) in [6.07, 6.45) is 8.77. The van der Waals surface area contributed by atoms with Gasteiger partial charge in [0.2, 0.25) is 0 Å². The van der Waals surface area contributed by atoms with Gasteiger partial charge in [-0.1, -0.05) is 91.0 Å². The number of rotatable bonds is 4. The Bertz CT molecular complexity index is 926. The lowest BCUT2D eigenvalue weighted by Crippen LogP contribution is -1.84. The summed E-state index contributed by atoms with van der Waals surface area (Å²) < 4.78 is 0. The second-order valence-corrected chi connectivity index (χ2v) is 6.50. The molecule has 3 rings (SSSR count). The second-order valence-electron chi connectivity index (χ2n) is 6.50. The maximum absolute atomic E-state index is 2.24. The van der Waals surface area contributed by atoms with Crippen molar-refractivity contribution in [2.24, 2.45) is 0 Å². The molecular weight excluding hydrogens is 300 g/mol. The summed E-state index contributed by atoms with van der Waals surface area (Å²) in [6, 6.07) is 23.5. The Hall–Kier alpha value is -2.86. The predicted octanol–water partition coefficient (Wildman–Crippen LogP) is 6.95. The molecule has 124 valence electrons. The van der Waals surface area contributed by atoms with Crippen molar-refractivity contribution in [3.05, 3.63) is 106 Å². The summed E-state index contributed by atoms with van der Waals surface area (Å²) >= 11 is 0. The normalized spacial score (nSPS) is 11.5. The average Bonchev–Trinajstić information content (AvgIpc) is 2.61. The lowest BCUT2D eigenvalue weighted by Gasteiger charge is -2.04. The number of hydrogen-bond acceptors (Lipinski definition) is 0. The molecule has 0 aliphatic carbocycles. The van der Waals surface area contributed by atoms with Crippen molar-refractivity contribution in [2.45, 2.75) is 20.8 Å². The highest BCUT2D eigenvalue weighted by molar-refractivity contribution is 5.75. The Morgan fingerprint density at radius 3 is 1.48 bits per heavy atom. The van der Waals surface area contributed by atoms with Crippen molar-refractivity contribution in [1.29, 1.82) is 0 Å². The van der Waals surface area contributed by atoms with Crippen molar-refractivity contribution in [2.75, 3.05) is 0 Å². The van der Waals surface area contributed by atoms with Gasteiger partial charge in [0.05, 0.1) is 0 Å². The predicted molar refractivity (Wildman–Crippen MR) is 111 cm³/mol. The van der Waals surface area contributed by atoms with Crippen LogP contribution in [0.15, 0.2) is 66.7 Å². The third kappa shape index (κ3) is 4.36. The van der Waals surface area contributed by atoms with Crippen LogP contribution < -0.4 is 0 Å². The summed E-state index contributed by atoms with van der Waals surface area (Å²) in [7, 11) is 0. The van der Waals surface area contributed by atoms with E-state index in [4.69, 9.17) is 0 Å². The van der Waals surface area contributed by atoms with Gasteiger partial charge < -0.3 is 0 Å². The summed E-state index contributed by atoms with van der Waals surface area (Å²) in [5.74, 6) is 0. The Morgan fingerprint density at radius 2 is 0.960 bits per heavy atom. The molecule has 0 bridgehead atoms. The van der Waals surface area contributed by atoms with Crippen LogP contribution in [0.2, 0.25) is 0 Å². The zero-order chi connectivity index (χ0) is 17.6. The largest absolute Gasteiger partial charge is 0.0620 e. The molecule has 3 aromatic rings. The first-order valence-electron chi connectivity index (χ1n) is 8.71. The van der Waals surface area contributed by atoms with E-state index in [1.165, 1.54) is 38.9 Å². The highest BCUT2D eigenvalue weighted by Crippen LogP contribution is 2.18. The Kier molecular flexibility index (Phi) is 5.30.